The van der Waals surface area contributed by atoms with Gasteiger partial charge in [0, 0.05) is 32.0 Å². The number of nitrogens with one attached hydrogen (secondary N) is 1. The summed E-state index contributed by atoms with van der Waals surface area (Å²) in [5, 5.41) is 3.07. The Hall–Kier alpha value is -3.85. The van der Waals surface area contributed by atoms with Crippen LogP contribution in [0.15, 0.2) is 78.9 Å². The van der Waals surface area contributed by atoms with E-state index in [1.165, 1.54) is 10.6 Å². The van der Waals surface area contributed by atoms with Gasteiger partial charge in [0.15, 0.2) is 0 Å². The van der Waals surface area contributed by atoms with Crippen molar-refractivity contribution >= 4 is 27.5 Å². The van der Waals surface area contributed by atoms with E-state index in [1.807, 2.05) is 87.5 Å². The van der Waals surface area contributed by atoms with Crippen LogP contribution in [0.2, 0.25) is 0 Å². The number of nitrogens with zero attached hydrogens (tertiary/aromatic N) is 2. The minimum Gasteiger partial charge on any atom is -0.497 e. The summed E-state index contributed by atoms with van der Waals surface area (Å²) < 4.78 is 32.1. The Morgan fingerprint density at radius 1 is 0.907 bits per heavy atom. The van der Waals surface area contributed by atoms with Gasteiger partial charge in [-0.1, -0.05) is 68.4 Å². The molecular weight excluding hydrogens is 562 g/mol. The van der Waals surface area contributed by atoms with Crippen molar-refractivity contribution in [2.24, 2.45) is 0 Å². The van der Waals surface area contributed by atoms with Gasteiger partial charge < -0.3 is 15.0 Å². The third-order valence-corrected chi connectivity index (χ3v) is 8.74. The maximum absolute atomic E-state index is 14.0. The second-order valence-corrected chi connectivity index (χ2v) is 12.8. The zero-order valence-corrected chi connectivity index (χ0v) is 26.8. The van der Waals surface area contributed by atoms with Crippen molar-refractivity contribution in [3.8, 4) is 5.75 Å². The van der Waals surface area contributed by atoms with E-state index < -0.39 is 16.1 Å². The summed E-state index contributed by atoms with van der Waals surface area (Å²) in [6.07, 6.45) is 3.50. The van der Waals surface area contributed by atoms with Gasteiger partial charge in [-0.3, -0.25) is 13.9 Å². The number of hydrogen-bond donors (Lipinski definition) is 1. The highest BCUT2D eigenvalue weighted by Crippen LogP contribution is 2.22. The van der Waals surface area contributed by atoms with Crippen LogP contribution in [-0.4, -0.2) is 57.1 Å². The molecule has 0 aliphatic rings. The molecule has 2 amide bonds. The summed E-state index contributed by atoms with van der Waals surface area (Å²) >= 11 is 0. The maximum Gasteiger partial charge on any atom is 0.243 e. The smallest absolute Gasteiger partial charge is 0.243 e. The first-order valence-electron chi connectivity index (χ1n) is 14.9. The number of ether oxygens (including phenoxy) is 1. The highest BCUT2D eigenvalue weighted by Gasteiger charge is 2.31. The number of methoxy groups -OCH3 is 1. The number of sulfonamides is 1. The molecular formula is C34H45N3O5S. The van der Waals surface area contributed by atoms with Crippen LogP contribution in [-0.2, 0) is 39.0 Å². The quantitative estimate of drug-likeness (QED) is 0.237. The van der Waals surface area contributed by atoms with Crippen LogP contribution < -0.4 is 14.4 Å². The molecule has 232 valence electrons. The van der Waals surface area contributed by atoms with Crippen LogP contribution in [0.3, 0.4) is 0 Å². The normalized spacial score (nSPS) is 12.7. The fourth-order valence-corrected chi connectivity index (χ4v) is 5.83. The van der Waals surface area contributed by atoms with E-state index in [1.54, 1.807) is 24.1 Å². The Labute approximate surface area is 257 Å². The molecule has 0 bridgehead atoms. The lowest BCUT2D eigenvalue weighted by atomic mass is 10.0. The zero-order valence-electron chi connectivity index (χ0n) is 26.0. The monoisotopic (exact) mass is 607 g/mol. The Morgan fingerprint density at radius 2 is 1.58 bits per heavy atom. The number of carbonyl (C=O) groups excluding carboxylic acids is 2. The summed E-state index contributed by atoms with van der Waals surface area (Å²) in [5.74, 6) is 0.215. The molecule has 2 atom stereocenters. The molecule has 3 rings (SSSR count). The number of benzene rings is 3. The van der Waals surface area contributed by atoms with Gasteiger partial charge in [-0.05, 0) is 67.1 Å². The van der Waals surface area contributed by atoms with Gasteiger partial charge in [0.25, 0.3) is 0 Å². The molecule has 0 aliphatic carbocycles. The summed E-state index contributed by atoms with van der Waals surface area (Å²) in [5.41, 5.74) is 3.45. The predicted molar refractivity (Wildman–Crippen MR) is 173 cm³/mol. The molecule has 9 heteroatoms. The number of carbonyl (C=O) groups is 2. The number of rotatable bonds is 16. The zero-order chi connectivity index (χ0) is 31.4. The molecule has 0 saturated carbocycles. The number of amides is 2. The van der Waals surface area contributed by atoms with Gasteiger partial charge in [0.2, 0.25) is 21.8 Å². The van der Waals surface area contributed by atoms with Crippen LogP contribution in [0, 0.1) is 0 Å². The summed E-state index contributed by atoms with van der Waals surface area (Å²) in [4.78, 5) is 29.3. The molecule has 0 aromatic heterocycles. The third-order valence-electron chi connectivity index (χ3n) is 7.54. The standard InChI is InChI=1S/C34H45N3O5S/c1-6-26(3)35-34(39)32(24-28-13-9-8-10-14-28)36(25-29-15-11-16-31(23-29)42-4)33(38)17-12-22-37(43(5,40)41)30-20-18-27(7-2)19-21-30/h8-11,13-16,18-21,23,26,32H,6-7,12,17,22,24-25H2,1-5H3,(H,35,39)/t26-,32+/m1/s1. The van der Waals surface area contributed by atoms with Crippen LogP contribution in [0.1, 0.15) is 56.7 Å². The lowest BCUT2D eigenvalue weighted by Gasteiger charge is -2.33. The Morgan fingerprint density at radius 3 is 2.19 bits per heavy atom. The molecule has 3 aromatic rings. The van der Waals surface area contributed by atoms with Crippen LogP contribution in [0.25, 0.3) is 0 Å². The average molecular weight is 608 g/mol. The van der Waals surface area contributed by atoms with Crippen LogP contribution in [0.4, 0.5) is 5.69 Å². The van der Waals surface area contributed by atoms with E-state index in [4.69, 9.17) is 4.74 Å². The summed E-state index contributed by atoms with van der Waals surface area (Å²) in [6, 6.07) is 23.7. The van der Waals surface area contributed by atoms with E-state index in [0.29, 0.717) is 24.3 Å². The van der Waals surface area contributed by atoms with Gasteiger partial charge in [0.1, 0.15) is 11.8 Å². The van der Waals surface area contributed by atoms with Crippen LogP contribution in [0.5, 0.6) is 5.75 Å². The first-order valence-corrected chi connectivity index (χ1v) is 16.7. The fraction of sp³-hybridized carbons (Fsp3) is 0.412. The molecule has 0 aliphatic heterocycles. The summed E-state index contributed by atoms with van der Waals surface area (Å²) in [7, 11) is -1.98. The SMILES string of the molecule is CCc1ccc(N(CCCC(=O)N(Cc2cccc(OC)c2)[C@@H](Cc2ccccc2)C(=O)N[C@H](C)CC)S(C)(=O)=O)cc1. The number of aryl methyl sites for hydroxylation is 1. The molecule has 0 fully saturated rings. The fourth-order valence-electron chi connectivity index (χ4n) is 4.86. The molecule has 0 unspecified atom stereocenters. The van der Waals surface area contributed by atoms with Gasteiger partial charge in [-0.25, -0.2) is 8.42 Å². The minimum atomic E-state index is -3.57. The number of anilines is 1. The van der Waals surface area contributed by atoms with Crippen molar-refractivity contribution in [3.63, 3.8) is 0 Å². The second kappa shape index (κ2) is 16.1. The van der Waals surface area contributed by atoms with Crippen molar-refractivity contribution in [2.75, 3.05) is 24.2 Å². The average Bonchev–Trinajstić information content (AvgIpc) is 3.00. The minimum absolute atomic E-state index is 0.0537. The van der Waals surface area contributed by atoms with Gasteiger partial charge in [-0.15, -0.1) is 0 Å². The molecule has 0 radical (unpaired) electrons. The largest absolute Gasteiger partial charge is 0.497 e. The van der Waals surface area contributed by atoms with Crippen LogP contribution >= 0.6 is 0 Å². The molecule has 0 spiro atoms. The molecule has 43 heavy (non-hydrogen) atoms. The van der Waals surface area contributed by atoms with Crippen molar-refractivity contribution < 1.29 is 22.7 Å². The van der Waals surface area contributed by atoms with Gasteiger partial charge in [0.05, 0.1) is 19.1 Å². The Balaban J connectivity index is 1.90. The topological polar surface area (TPSA) is 96.0 Å². The summed E-state index contributed by atoms with van der Waals surface area (Å²) in [6.45, 7) is 6.33. The van der Waals surface area contributed by atoms with E-state index in [2.05, 4.69) is 5.32 Å². The van der Waals surface area contributed by atoms with E-state index in [9.17, 15) is 18.0 Å². The lowest BCUT2D eigenvalue weighted by Crippen LogP contribution is -2.52. The highest BCUT2D eigenvalue weighted by molar-refractivity contribution is 7.92. The second-order valence-electron chi connectivity index (χ2n) is 10.9. The molecule has 1 N–H and O–H groups in total. The van der Waals surface area contributed by atoms with Crippen molar-refractivity contribution in [1.82, 2.24) is 10.2 Å². The molecule has 0 heterocycles. The first kappa shape index (κ1) is 33.6. The molecule has 3 aromatic carbocycles. The van der Waals surface area contributed by atoms with E-state index in [-0.39, 0.29) is 37.4 Å². The van der Waals surface area contributed by atoms with Crippen molar-refractivity contribution in [2.45, 2.75) is 71.5 Å². The van der Waals surface area contributed by atoms with Crippen molar-refractivity contribution in [1.29, 1.82) is 0 Å². The molecule has 0 saturated heterocycles. The third kappa shape index (κ3) is 10.1. The Bertz CT molecular complexity index is 1430. The van der Waals surface area contributed by atoms with E-state index in [0.717, 1.165) is 29.5 Å². The highest BCUT2D eigenvalue weighted by atomic mass is 32.2. The van der Waals surface area contributed by atoms with Crippen molar-refractivity contribution in [3.05, 3.63) is 95.6 Å². The van der Waals surface area contributed by atoms with E-state index >= 15 is 0 Å². The van der Waals surface area contributed by atoms with Gasteiger partial charge in [-0.2, -0.15) is 0 Å². The Kier molecular flexibility index (Phi) is 12.6. The predicted octanol–water partition coefficient (Wildman–Crippen LogP) is 5.36. The van der Waals surface area contributed by atoms with Gasteiger partial charge >= 0.3 is 0 Å². The number of hydrogen-bond acceptors (Lipinski definition) is 5. The first-order chi connectivity index (χ1) is 20.5. The lowest BCUT2D eigenvalue weighted by molar-refractivity contribution is -0.141. The maximum atomic E-state index is 14.0. The molecule has 8 nitrogen and oxygen atoms in total.